The van der Waals surface area contributed by atoms with Crippen LogP contribution in [0.25, 0.3) is 0 Å². The van der Waals surface area contributed by atoms with Gasteiger partial charge in [-0.3, -0.25) is 4.79 Å². The molecule has 0 aliphatic rings. The molecular weight excluding hydrogens is 380 g/mol. The second-order valence-electron chi connectivity index (χ2n) is 7.30. The SMILES string of the molecule is CCCCCCCCCCCCCCCCCC(=O)O.CCO.CCO.NCCN. The first-order valence-corrected chi connectivity index (χ1v) is 12.4. The number of hydrogen-bond acceptors (Lipinski definition) is 5. The fourth-order valence-corrected chi connectivity index (χ4v) is 2.65. The summed E-state index contributed by atoms with van der Waals surface area (Å²) in [5.41, 5.74) is 9.81. The summed E-state index contributed by atoms with van der Waals surface area (Å²) in [6.45, 7) is 7.33. The van der Waals surface area contributed by atoms with E-state index in [-0.39, 0.29) is 13.2 Å². The quantitative estimate of drug-likeness (QED) is 0.198. The third-order valence-electron chi connectivity index (χ3n) is 4.16. The highest BCUT2D eigenvalue weighted by atomic mass is 16.4. The Morgan fingerprint density at radius 2 is 0.800 bits per heavy atom. The summed E-state index contributed by atoms with van der Waals surface area (Å²) in [5.74, 6) is -0.653. The van der Waals surface area contributed by atoms with Gasteiger partial charge in [-0.25, -0.2) is 0 Å². The number of carbonyl (C=O) groups is 1. The van der Waals surface area contributed by atoms with E-state index in [9.17, 15) is 4.79 Å². The first kappa shape index (κ1) is 36.7. The zero-order chi connectivity index (χ0) is 23.7. The summed E-state index contributed by atoms with van der Waals surface area (Å²) >= 11 is 0. The van der Waals surface area contributed by atoms with E-state index in [2.05, 4.69) is 6.92 Å². The zero-order valence-electron chi connectivity index (χ0n) is 20.5. The molecule has 6 heteroatoms. The van der Waals surface area contributed by atoms with E-state index in [0.29, 0.717) is 19.5 Å². The van der Waals surface area contributed by atoms with Gasteiger partial charge in [0.25, 0.3) is 0 Å². The van der Waals surface area contributed by atoms with Crippen LogP contribution in [0.5, 0.6) is 0 Å². The maximum Gasteiger partial charge on any atom is 0.303 e. The molecule has 0 bridgehead atoms. The lowest BCUT2D eigenvalue weighted by atomic mass is 10.0. The van der Waals surface area contributed by atoms with Crippen LogP contribution in [0.4, 0.5) is 0 Å². The smallest absolute Gasteiger partial charge is 0.303 e. The molecule has 0 fully saturated rings. The molecule has 30 heavy (non-hydrogen) atoms. The van der Waals surface area contributed by atoms with E-state index >= 15 is 0 Å². The van der Waals surface area contributed by atoms with Gasteiger partial charge in [0.05, 0.1) is 0 Å². The largest absolute Gasteiger partial charge is 0.481 e. The minimum absolute atomic E-state index is 0.250. The van der Waals surface area contributed by atoms with Gasteiger partial charge < -0.3 is 26.8 Å². The van der Waals surface area contributed by atoms with Crippen LogP contribution in [0, 0.1) is 0 Å². The predicted molar refractivity (Wildman–Crippen MR) is 131 cm³/mol. The summed E-state index contributed by atoms with van der Waals surface area (Å²) < 4.78 is 0. The topological polar surface area (TPSA) is 130 Å². The molecule has 0 aliphatic heterocycles. The molecule has 0 amide bonds. The Balaban J connectivity index is -0.000000281. The molecule has 0 saturated carbocycles. The Labute approximate surface area is 187 Å². The Bertz CT molecular complexity index is 264. The van der Waals surface area contributed by atoms with Gasteiger partial charge in [-0.05, 0) is 20.3 Å². The van der Waals surface area contributed by atoms with Crippen molar-refractivity contribution in [3.05, 3.63) is 0 Å². The Hall–Kier alpha value is -0.690. The summed E-state index contributed by atoms with van der Waals surface area (Å²) in [7, 11) is 0. The van der Waals surface area contributed by atoms with Crippen LogP contribution in [0.3, 0.4) is 0 Å². The molecule has 0 radical (unpaired) electrons. The first-order chi connectivity index (χ1) is 14.5. The van der Waals surface area contributed by atoms with E-state index in [1.807, 2.05) is 0 Å². The van der Waals surface area contributed by atoms with Crippen molar-refractivity contribution >= 4 is 5.97 Å². The van der Waals surface area contributed by atoms with Crippen LogP contribution in [0.1, 0.15) is 124 Å². The van der Waals surface area contributed by atoms with E-state index in [0.717, 1.165) is 12.8 Å². The van der Waals surface area contributed by atoms with Gasteiger partial charge in [-0.1, -0.05) is 96.8 Å². The highest BCUT2D eigenvalue weighted by Gasteiger charge is 1.97. The monoisotopic (exact) mass is 436 g/mol. The molecule has 186 valence electrons. The highest BCUT2D eigenvalue weighted by molar-refractivity contribution is 5.66. The molecule has 7 N–H and O–H groups in total. The van der Waals surface area contributed by atoms with Crippen LogP contribution >= 0.6 is 0 Å². The Morgan fingerprint density at radius 3 is 1.00 bits per heavy atom. The average Bonchev–Trinajstić information content (AvgIpc) is 2.72. The highest BCUT2D eigenvalue weighted by Crippen LogP contribution is 2.13. The molecule has 0 rings (SSSR count). The van der Waals surface area contributed by atoms with Gasteiger partial charge in [0.2, 0.25) is 0 Å². The fourth-order valence-electron chi connectivity index (χ4n) is 2.65. The van der Waals surface area contributed by atoms with Crippen molar-refractivity contribution in [3.63, 3.8) is 0 Å². The van der Waals surface area contributed by atoms with Crippen molar-refractivity contribution in [1.82, 2.24) is 0 Å². The Kier molecular flexibility index (Phi) is 51.9. The van der Waals surface area contributed by atoms with Crippen molar-refractivity contribution in [2.24, 2.45) is 11.5 Å². The van der Waals surface area contributed by atoms with E-state index in [1.54, 1.807) is 13.8 Å². The van der Waals surface area contributed by atoms with Crippen molar-refractivity contribution in [2.75, 3.05) is 26.3 Å². The van der Waals surface area contributed by atoms with Gasteiger partial charge in [0.15, 0.2) is 0 Å². The molecule has 0 unspecified atom stereocenters. The molecular formula is C24H56N2O4. The normalized spacial score (nSPS) is 9.43. The summed E-state index contributed by atoms with van der Waals surface area (Å²) in [6, 6.07) is 0. The summed E-state index contributed by atoms with van der Waals surface area (Å²) in [5, 5.41) is 23.7. The average molecular weight is 437 g/mol. The number of rotatable bonds is 17. The second-order valence-corrected chi connectivity index (χ2v) is 7.30. The van der Waals surface area contributed by atoms with Gasteiger partial charge in [-0.2, -0.15) is 0 Å². The maximum atomic E-state index is 10.3. The molecule has 0 saturated heterocycles. The lowest BCUT2D eigenvalue weighted by Gasteiger charge is -2.03. The number of unbranched alkanes of at least 4 members (excludes halogenated alkanes) is 14. The zero-order valence-corrected chi connectivity index (χ0v) is 20.5. The number of carboxylic acids is 1. The van der Waals surface area contributed by atoms with Crippen LogP contribution < -0.4 is 11.5 Å². The lowest BCUT2D eigenvalue weighted by Crippen LogP contribution is -2.11. The number of carboxylic acid groups (broad SMARTS) is 1. The van der Waals surface area contributed by atoms with Crippen LogP contribution in [-0.2, 0) is 4.79 Å². The third-order valence-corrected chi connectivity index (χ3v) is 4.16. The van der Waals surface area contributed by atoms with Gasteiger partial charge in [0, 0.05) is 32.7 Å². The third kappa shape index (κ3) is 63.1. The minimum Gasteiger partial charge on any atom is -0.481 e. The lowest BCUT2D eigenvalue weighted by molar-refractivity contribution is -0.137. The van der Waals surface area contributed by atoms with Crippen molar-refractivity contribution < 1.29 is 20.1 Å². The van der Waals surface area contributed by atoms with Crippen LogP contribution in [-0.4, -0.2) is 47.6 Å². The molecule has 6 nitrogen and oxygen atoms in total. The van der Waals surface area contributed by atoms with Gasteiger partial charge >= 0.3 is 5.97 Å². The molecule has 0 atom stereocenters. The molecule has 0 aromatic carbocycles. The minimum atomic E-state index is -0.653. The number of aliphatic hydroxyl groups is 2. The molecule has 0 heterocycles. The maximum absolute atomic E-state index is 10.3. The second kappa shape index (κ2) is 42.4. The Morgan fingerprint density at radius 1 is 0.567 bits per heavy atom. The fraction of sp³-hybridized carbons (Fsp3) is 0.958. The number of hydrogen-bond donors (Lipinski definition) is 5. The molecule has 0 spiro atoms. The van der Waals surface area contributed by atoms with Crippen molar-refractivity contribution in [3.8, 4) is 0 Å². The first-order valence-electron chi connectivity index (χ1n) is 12.4. The van der Waals surface area contributed by atoms with E-state index in [4.69, 9.17) is 26.8 Å². The van der Waals surface area contributed by atoms with Gasteiger partial charge in [-0.15, -0.1) is 0 Å². The number of aliphatic hydroxyl groups excluding tert-OH is 2. The van der Waals surface area contributed by atoms with Crippen LogP contribution in [0.2, 0.25) is 0 Å². The van der Waals surface area contributed by atoms with Crippen LogP contribution in [0.15, 0.2) is 0 Å². The summed E-state index contributed by atoms with van der Waals surface area (Å²) in [4.78, 5) is 10.3. The summed E-state index contributed by atoms with van der Waals surface area (Å²) in [6.07, 6.45) is 20.2. The van der Waals surface area contributed by atoms with E-state index in [1.165, 1.54) is 83.5 Å². The van der Waals surface area contributed by atoms with E-state index < -0.39 is 5.97 Å². The number of aliphatic carboxylic acids is 1. The molecule has 0 aromatic rings. The molecule has 0 aromatic heterocycles. The van der Waals surface area contributed by atoms with Gasteiger partial charge in [0.1, 0.15) is 0 Å². The number of nitrogens with two attached hydrogens (primary N) is 2. The van der Waals surface area contributed by atoms with Crippen molar-refractivity contribution in [2.45, 2.75) is 124 Å². The predicted octanol–water partition coefficient (Wildman–Crippen LogP) is 5.23. The van der Waals surface area contributed by atoms with Crippen molar-refractivity contribution in [1.29, 1.82) is 0 Å². The standard InChI is InChI=1S/C18H36O2.C2H8N2.2C2H6O/c1-2-3-4-5-6-7-8-9-10-11-12-13-14-15-16-17-18(19)20;3-1-2-4;2*1-2-3/h2-17H2,1H3,(H,19,20);1-4H2;2*3H,2H2,1H3. The molecule has 0 aliphatic carbocycles.